The van der Waals surface area contributed by atoms with Crippen LogP contribution >= 0.6 is 11.3 Å². The Morgan fingerprint density at radius 2 is 1.66 bits per heavy atom. The van der Waals surface area contributed by atoms with Crippen LogP contribution in [-0.2, 0) is 14.4 Å². The molecule has 2 aliphatic rings. The molecule has 3 heterocycles. The largest absolute Gasteiger partial charge is 0.356 e. The van der Waals surface area contributed by atoms with E-state index in [2.05, 4.69) is 60.7 Å². The highest BCUT2D eigenvalue weighted by molar-refractivity contribution is 7.10. The Hall–Kier alpha value is -5.60. The number of unbranched alkanes of at least 4 members (excludes halogenated alkanes) is 2. The fraction of sp³-hybridized carbons (Fsp3) is 0.417. The Morgan fingerprint density at radius 3 is 2.31 bits per heavy atom. The summed E-state index contributed by atoms with van der Waals surface area (Å²) in [7, 11) is 0. The first-order valence-electron chi connectivity index (χ1n) is 20.9. The number of carbonyl (C=O) groups is 4. The standard InChI is InChI=1S/C48H56N6O4S/c1-31(2)41-27-33(4)54(34(5)55)43-17-16-38(28-42(41)43)35-12-14-37(15-13-35)46(56)51-20-7-6-8-21-52-47(57)45(39-11-9-10-32(3)26-39)36-18-23-53(24-19-36)48(58)40(30-49)29-44-50-22-25-59-44/h9-17,22,25-26,28-29,31,33,36,41,45H,6-8,18-21,23-24,27H2,1-5H3,(H,51,56)(H,52,57)/b40-29+. The molecule has 3 atom stereocenters. The maximum atomic E-state index is 13.8. The molecule has 0 saturated carbocycles. The minimum absolute atomic E-state index is 0.0127. The summed E-state index contributed by atoms with van der Waals surface area (Å²) >= 11 is 1.37. The van der Waals surface area contributed by atoms with Crippen LogP contribution in [0.25, 0.3) is 17.2 Å². The van der Waals surface area contributed by atoms with E-state index in [1.54, 1.807) is 29.5 Å². The van der Waals surface area contributed by atoms with Crippen LogP contribution in [-0.4, -0.2) is 65.7 Å². The van der Waals surface area contributed by atoms with E-state index in [9.17, 15) is 24.4 Å². The van der Waals surface area contributed by atoms with Gasteiger partial charge in [0.1, 0.15) is 16.6 Å². The van der Waals surface area contributed by atoms with Crippen molar-refractivity contribution in [3.8, 4) is 17.2 Å². The quantitative estimate of drug-likeness (QED) is 0.0744. The molecule has 0 radical (unpaired) electrons. The molecule has 10 nitrogen and oxygen atoms in total. The summed E-state index contributed by atoms with van der Waals surface area (Å²) in [6.45, 7) is 12.3. The molecule has 1 aromatic heterocycles. The number of fused-ring (bicyclic) bond motifs is 1. The summed E-state index contributed by atoms with van der Waals surface area (Å²) in [6.07, 6.45) is 7.85. The molecule has 0 bridgehead atoms. The first-order chi connectivity index (χ1) is 28.4. The Kier molecular flexibility index (Phi) is 14.5. The number of piperidine rings is 1. The molecule has 1 fully saturated rings. The number of benzene rings is 3. The summed E-state index contributed by atoms with van der Waals surface area (Å²) in [5.74, 6) is 0.159. The van der Waals surface area contributed by atoms with Gasteiger partial charge in [-0.1, -0.05) is 61.9 Å². The summed E-state index contributed by atoms with van der Waals surface area (Å²) in [6, 6.07) is 24.3. The van der Waals surface area contributed by atoms with Crippen LogP contribution in [0, 0.1) is 30.1 Å². The van der Waals surface area contributed by atoms with Crippen LogP contribution in [0.2, 0.25) is 0 Å². The van der Waals surface area contributed by atoms with Crippen molar-refractivity contribution in [2.24, 2.45) is 11.8 Å². The molecule has 2 N–H and O–H groups in total. The third kappa shape index (κ3) is 10.5. The van der Waals surface area contributed by atoms with Gasteiger partial charge >= 0.3 is 0 Å². The molecule has 308 valence electrons. The first-order valence-corrected chi connectivity index (χ1v) is 21.8. The number of carbonyl (C=O) groups excluding carboxylic acids is 4. The van der Waals surface area contributed by atoms with Gasteiger partial charge in [-0.2, -0.15) is 5.26 Å². The lowest BCUT2D eigenvalue weighted by molar-refractivity contribution is -0.128. The van der Waals surface area contributed by atoms with E-state index >= 15 is 0 Å². The molecule has 1 saturated heterocycles. The van der Waals surface area contributed by atoms with E-state index in [0.29, 0.717) is 61.4 Å². The van der Waals surface area contributed by atoms with Gasteiger partial charge < -0.3 is 20.4 Å². The van der Waals surface area contributed by atoms with Crippen molar-refractivity contribution >= 4 is 46.7 Å². The highest BCUT2D eigenvalue weighted by atomic mass is 32.1. The van der Waals surface area contributed by atoms with Gasteiger partial charge in [0.15, 0.2) is 0 Å². The van der Waals surface area contributed by atoms with Gasteiger partial charge in [-0.3, -0.25) is 19.2 Å². The predicted molar refractivity (Wildman–Crippen MR) is 235 cm³/mol. The number of anilines is 1. The van der Waals surface area contributed by atoms with Crippen molar-refractivity contribution in [2.45, 2.75) is 91.0 Å². The minimum atomic E-state index is -0.343. The van der Waals surface area contributed by atoms with Crippen LogP contribution in [0.1, 0.15) is 110 Å². The Balaban J connectivity index is 0.964. The highest BCUT2D eigenvalue weighted by Crippen LogP contribution is 2.44. The van der Waals surface area contributed by atoms with Crippen molar-refractivity contribution < 1.29 is 19.2 Å². The fourth-order valence-corrected chi connectivity index (χ4v) is 9.31. The van der Waals surface area contributed by atoms with Crippen molar-refractivity contribution in [3.05, 3.63) is 111 Å². The number of hydrogen-bond donors (Lipinski definition) is 2. The molecule has 3 aromatic carbocycles. The molecule has 2 aliphatic heterocycles. The van der Waals surface area contributed by atoms with Crippen LogP contribution in [0.5, 0.6) is 0 Å². The second-order valence-electron chi connectivity index (χ2n) is 16.3. The molecule has 3 unspecified atom stereocenters. The van der Waals surface area contributed by atoms with Crippen molar-refractivity contribution in [1.82, 2.24) is 20.5 Å². The predicted octanol–water partition coefficient (Wildman–Crippen LogP) is 8.65. The molecule has 0 spiro atoms. The minimum Gasteiger partial charge on any atom is -0.356 e. The summed E-state index contributed by atoms with van der Waals surface area (Å²) in [4.78, 5) is 60.3. The van der Waals surface area contributed by atoms with Crippen molar-refractivity contribution in [2.75, 3.05) is 31.1 Å². The number of likely N-dealkylation sites (tertiary alicyclic amines) is 1. The van der Waals surface area contributed by atoms with Gasteiger partial charge in [0.05, 0.1) is 5.92 Å². The van der Waals surface area contributed by atoms with Gasteiger partial charge in [-0.25, -0.2) is 4.98 Å². The van der Waals surface area contributed by atoms with Crippen LogP contribution in [0.4, 0.5) is 5.69 Å². The number of aryl methyl sites for hydroxylation is 1. The molecule has 6 rings (SSSR count). The second-order valence-corrected chi connectivity index (χ2v) is 17.3. The van der Waals surface area contributed by atoms with Gasteiger partial charge in [0.25, 0.3) is 11.8 Å². The zero-order chi connectivity index (χ0) is 42.1. The lowest BCUT2D eigenvalue weighted by atomic mass is 9.78. The zero-order valence-electron chi connectivity index (χ0n) is 34.9. The molecule has 4 amide bonds. The van der Waals surface area contributed by atoms with Gasteiger partial charge in [-0.05, 0) is 123 Å². The Labute approximate surface area is 352 Å². The number of nitriles is 1. The number of nitrogens with one attached hydrogen (secondary N) is 2. The van der Waals surface area contributed by atoms with E-state index in [4.69, 9.17) is 0 Å². The Morgan fingerprint density at radius 1 is 0.949 bits per heavy atom. The zero-order valence-corrected chi connectivity index (χ0v) is 35.7. The molecule has 59 heavy (non-hydrogen) atoms. The highest BCUT2D eigenvalue weighted by Gasteiger charge is 2.35. The third-order valence-corrected chi connectivity index (χ3v) is 12.6. The Bertz CT molecular complexity index is 2180. The summed E-state index contributed by atoms with van der Waals surface area (Å²) in [5.41, 5.74) is 7.04. The maximum Gasteiger partial charge on any atom is 0.264 e. The molecule has 0 aliphatic carbocycles. The van der Waals surface area contributed by atoms with Crippen LogP contribution in [0.3, 0.4) is 0 Å². The van der Waals surface area contributed by atoms with Crippen molar-refractivity contribution in [3.63, 3.8) is 0 Å². The molecule has 11 heteroatoms. The number of nitrogens with zero attached hydrogens (tertiary/aromatic N) is 4. The van der Waals surface area contributed by atoms with E-state index in [-0.39, 0.29) is 47.1 Å². The van der Waals surface area contributed by atoms with Gasteiger partial charge in [0, 0.05) is 62.0 Å². The van der Waals surface area contributed by atoms with Gasteiger partial charge in [-0.15, -0.1) is 11.3 Å². The third-order valence-electron chi connectivity index (χ3n) is 11.8. The normalized spacial score (nSPS) is 17.5. The number of amides is 4. The SMILES string of the molecule is CC(=O)N1c2ccc(-c3ccc(C(=O)NCCCCCNC(=O)C(c4cccc(C)c4)C4CCN(C(=O)/C(C#N)=C/c5nccs5)CC4)cc3)cc2C(C(C)C)CC1C. The molecule has 4 aromatic rings. The van der Waals surface area contributed by atoms with Crippen molar-refractivity contribution in [1.29, 1.82) is 5.26 Å². The molecular weight excluding hydrogens is 757 g/mol. The average molecular weight is 813 g/mol. The fourth-order valence-electron chi connectivity index (χ4n) is 8.74. The summed E-state index contributed by atoms with van der Waals surface area (Å²) in [5, 5.41) is 18.3. The van der Waals surface area contributed by atoms with Crippen LogP contribution < -0.4 is 15.5 Å². The van der Waals surface area contributed by atoms with E-state index in [1.165, 1.54) is 16.9 Å². The number of thiazole rings is 1. The number of aromatic nitrogens is 1. The first kappa shape index (κ1) is 43.0. The lowest BCUT2D eigenvalue weighted by Gasteiger charge is -2.40. The van der Waals surface area contributed by atoms with E-state index in [1.807, 2.05) is 60.4 Å². The number of rotatable bonds is 14. The van der Waals surface area contributed by atoms with E-state index in [0.717, 1.165) is 53.6 Å². The monoisotopic (exact) mass is 812 g/mol. The lowest BCUT2D eigenvalue weighted by Crippen LogP contribution is -2.43. The maximum absolute atomic E-state index is 13.8. The summed E-state index contributed by atoms with van der Waals surface area (Å²) < 4.78 is 0. The smallest absolute Gasteiger partial charge is 0.264 e. The number of hydrogen-bond acceptors (Lipinski definition) is 7. The van der Waals surface area contributed by atoms with Crippen LogP contribution in [0.15, 0.2) is 83.9 Å². The topological polar surface area (TPSA) is 136 Å². The van der Waals surface area contributed by atoms with E-state index < -0.39 is 0 Å². The second kappa shape index (κ2) is 19.9. The average Bonchev–Trinajstić information content (AvgIpc) is 3.75. The van der Waals surface area contributed by atoms with Gasteiger partial charge in [0.2, 0.25) is 11.8 Å². The molecular formula is C48H56N6O4S.